The smallest absolute Gasteiger partial charge is 0.309 e. The lowest BCUT2D eigenvalue weighted by Gasteiger charge is -2.09. The Bertz CT molecular complexity index is 164. The number of carboxylic acid groups (broad SMARTS) is 1. The molecule has 0 spiro atoms. The first-order valence-electron chi connectivity index (χ1n) is 3.91. The van der Waals surface area contributed by atoms with Crippen LogP contribution in [0.5, 0.6) is 0 Å². The molecule has 0 aliphatic heterocycles. The van der Waals surface area contributed by atoms with Crippen LogP contribution in [-0.2, 0) is 14.3 Å². The van der Waals surface area contributed by atoms with Gasteiger partial charge < -0.3 is 9.84 Å². The van der Waals surface area contributed by atoms with Crippen molar-refractivity contribution < 1.29 is 19.4 Å². The maximum atomic E-state index is 11.0. The van der Waals surface area contributed by atoms with Crippen LogP contribution in [0.25, 0.3) is 0 Å². The van der Waals surface area contributed by atoms with Crippen molar-refractivity contribution in [3.63, 3.8) is 0 Å². The van der Waals surface area contributed by atoms with Gasteiger partial charge in [-0.15, -0.1) is 0 Å². The van der Waals surface area contributed by atoms with Crippen LogP contribution < -0.4 is 0 Å². The van der Waals surface area contributed by atoms with Gasteiger partial charge in [0.1, 0.15) is 0 Å². The number of aliphatic carboxylic acids is 1. The fourth-order valence-electron chi connectivity index (χ4n) is 1.03. The quantitative estimate of drug-likeness (QED) is 0.633. The maximum absolute atomic E-state index is 11.0. The zero-order valence-corrected chi connectivity index (χ0v) is 7.37. The number of carbonyl (C=O) groups excluding carboxylic acids is 1. The summed E-state index contributed by atoms with van der Waals surface area (Å²) in [4.78, 5) is 21.2. The third-order valence-electron chi connectivity index (χ3n) is 1.59. The molecule has 0 radical (unpaired) electrons. The van der Waals surface area contributed by atoms with Gasteiger partial charge in [0.25, 0.3) is 0 Å². The zero-order valence-electron chi connectivity index (χ0n) is 7.37. The molecule has 0 aliphatic rings. The average Bonchev–Trinajstić information content (AvgIpc) is 2.01. The Morgan fingerprint density at radius 2 is 2.08 bits per heavy atom. The highest BCUT2D eigenvalue weighted by molar-refractivity contribution is 5.78. The minimum Gasteiger partial charge on any atom is -0.481 e. The van der Waals surface area contributed by atoms with Gasteiger partial charge in [-0.3, -0.25) is 9.59 Å². The molecule has 0 aliphatic carbocycles. The molecule has 0 bridgehead atoms. The number of hydrogen-bond donors (Lipinski definition) is 1. The summed E-state index contributed by atoms with van der Waals surface area (Å²) in [6, 6.07) is 0. The number of methoxy groups -OCH3 is 1. The molecule has 0 amide bonds. The third kappa shape index (κ3) is 3.95. The summed E-state index contributed by atoms with van der Waals surface area (Å²) >= 11 is 0. The molecule has 1 N–H and O–H groups in total. The molecular weight excluding hydrogens is 160 g/mol. The molecule has 1 atom stereocenters. The monoisotopic (exact) mass is 174 g/mol. The Morgan fingerprint density at radius 3 is 2.42 bits per heavy atom. The van der Waals surface area contributed by atoms with Crippen LogP contribution in [0, 0.1) is 5.92 Å². The van der Waals surface area contributed by atoms with E-state index in [-0.39, 0.29) is 6.42 Å². The summed E-state index contributed by atoms with van der Waals surface area (Å²) in [6.07, 6.45) is 1.21. The zero-order chi connectivity index (χ0) is 9.56. The first-order valence-corrected chi connectivity index (χ1v) is 3.91. The second-order valence-corrected chi connectivity index (χ2v) is 2.61. The second kappa shape index (κ2) is 5.57. The van der Waals surface area contributed by atoms with Crippen LogP contribution in [0.1, 0.15) is 26.2 Å². The summed E-state index contributed by atoms with van der Waals surface area (Å²) in [5.74, 6) is -1.88. The van der Waals surface area contributed by atoms with Crippen LogP contribution in [0.15, 0.2) is 0 Å². The minimum absolute atomic E-state index is 0.138. The summed E-state index contributed by atoms with van der Waals surface area (Å²) in [6.45, 7) is 1.90. The van der Waals surface area contributed by atoms with Crippen molar-refractivity contribution in [2.75, 3.05) is 7.11 Å². The minimum atomic E-state index is -0.959. The SMILES string of the molecule is CCC[C@H](CC(=O)O)C(=O)OC. The Morgan fingerprint density at radius 1 is 1.50 bits per heavy atom. The van der Waals surface area contributed by atoms with Crippen molar-refractivity contribution in [1.82, 2.24) is 0 Å². The van der Waals surface area contributed by atoms with Crippen molar-refractivity contribution in [2.24, 2.45) is 5.92 Å². The number of esters is 1. The second-order valence-electron chi connectivity index (χ2n) is 2.61. The van der Waals surface area contributed by atoms with Crippen molar-refractivity contribution in [3.05, 3.63) is 0 Å². The number of rotatable bonds is 5. The van der Waals surface area contributed by atoms with Gasteiger partial charge in [-0.05, 0) is 6.42 Å². The van der Waals surface area contributed by atoms with Crippen molar-refractivity contribution >= 4 is 11.9 Å². The molecule has 0 unspecified atom stereocenters. The van der Waals surface area contributed by atoms with Gasteiger partial charge >= 0.3 is 11.9 Å². The Hall–Kier alpha value is -1.06. The lowest BCUT2D eigenvalue weighted by atomic mass is 10.0. The summed E-state index contributed by atoms with van der Waals surface area (Å²) < 4.78 is 4.46. The molecule has 0 rings (SSSR count). The molecule has 70 valence electrons. The first kappa shape index (κ1) is 10.9. The van der Waals surface area contributed by atoms with Gasteiger partial charge in [-0.2, -0.15) is 0 Å². The highest BCUT2D eigenvalue weighted by Crippen LogP contribution is 2.12. The van der Waals surface area contributed by atoms with E-state index in [4.69, 9.17) is 5.11 Å². The van der Waals surface area contributed by atoms with E-state index in [0.29, 0.717) is 6.42 Å². The predicted molar refractivity (Wildman–Crippen MR) is 42.7 cm³/mol. The van der Waals surface area contributed by atoms with Gasteiger partial charge in [0.05, 0.1) is 19.4 Å². The fourth-order valence-corrected chi connectivity index (χ4v) is 1.03. The molecule has 0 aromatic rings. The van der Waals surface area contributed by atoms with Crippen molar-refractivity contribution in [3.8, 4) is 0 Å². The summed E-state index contributed by atoms with van der Waals surface area (Å²) in [5, 5.41) is 8.45. The van der Waals surface area contributed by atoms with Gasteiger partial charge in [-0.1, -0.05) is 13.3 Å². The van der Waals surface area contributed by atoms with Crippen LogP contribution in [0.4, 0.5) is 0 Å². The van der Waals surface area contributed by atoms with Crippen molar-refractivity contribution in [2.45, 2.75) is 26.2 Å². The van der Waals surface area contributed by atoms with Crippen molar-refractivity contribution in [1.29, 1.82) is 0 Å². The first-order chi connectivity index (χ1) is 5.61. The highest BCUT2D eigenvalue weighted by atomic mass is 16.5. The van der Waals surface area contributed by atoms with Gasteiger partial charge in [0, 0.05) is 0 Å². The maximum Gasteiger partial charge on any atom is 0.309 e. The van der Waals surface area contributed by atoms with Crippen LogP contribution >= 0.6 is 0 Å². The van der Waals surface area contributed by atoms with Crippen LogP contribution in [-0.4, -0.2) is 24.2 Å². The summed E-state index contributed by atoms with van der Waals surface area (Å²) in [5.41, 5.74) is 0. The topological polar surface area (TPSA) is 63.6 Å². The Balaban J connectivity index is 4.02. The lowest BCUT2D eigenvalue weighted by molar-refractivity contribution is -0.151. The molecule has 0 saturated carbocycles. The third-order valence-corrected chi connectivity index (χ3v) is 1.59. The number of carboxylic acids is 1. The van der Waals surface area contributed by atoms with Gasteiger partial charge in [0.15, 0.2) is 0 Å². The normalized spacial score (nSPS) is 12.2. The largest absolute Gasteiger partial charge is 0.481 e. The predicted octanol–water partition coefficient (Wildman–Crippen LogP) is 1.05. The molecular formula is C8H14O4. The van der Waals surface area contributed by atoms with E-state index >= 15 is 0 Å². The molecule has 4 heteroatoms. The molecule has 0 aromatic carbocycles. The number of hydrogen-bond acceptors (Lipinski definition) is 3. The molecule has 12 heavy (non-hydrogen) atoms. The average molecular weight is 174 g/mol. The standard InChI is InChI=1S/C8H14O4/c1-3-4-6(5-7(9)10)8(11)12-2/h6H,3-5H2,1-2H3,(H,9,10)/t6-/m1/s1. The van der Waals surface area contributed by atoms with E-state index in [1.807, 2.05) is 6.92 Å². The molecule has 0 fully saturated rings. The summed E-state index contributed by atoms with van der Waals surface area (Å²) in [7, 11) is 1.27. The van der Waals surface area contributed by atoms with E-state index < -0.39 is 17.9 Å². The lowest BCUT2D eigenvalue weighted by Crippen LogP contribution is -2.19. The number of carbonyl (C=O) groups is 2. The molecule has 0 heterocycles. The Kier molecular flexibility index (Phi) is 5.08. The highest BCUT2D eigenvalue weighted by Gasteiger charge is 2.20. The van der Waals surface area contributed by atoms with Crippen LogP contribution in [0.2, 0.25) is 0 Å². The van der Waals surface area contributed by atoms with E-state index in [1.54, 1.807) is 0 Å². The van der Waals surface area contributed by atoms with E-state index in [9.17, 15) is 9.59 Å². The molecule has 4 nitrogen and oxygen atoms in total. The fraction of sp³-hybridized carbons (Fsp3) is 0.750. The van der Waals surface area contributed by atoms with E-state index in [0.717, 1.165) is 6.42 Å². The van der Waals surface area contributed by atoms with Crippen LogP contribution in [0.3, 0.4) is 0 Å². The number of ether oxygens (including phenoxy) is 1. The molecule has 0 aromatic heterocycles. The van der Waals surface area contributed by atoms with E-state index in [2.05, 4.69) is 4.74 Å². The van der Waals surface area contributed by atoms with Gasteiger partial charge in [-0.25, -0.2) is 0 Å². The Labute approximate surface area is 71.5 Å². The van der Waals surface area contributed by atoms with Gasteiger partial charge in [0.2, 0.25) is 0 Å². The van der Waals surface area contributed by atoms with E-state index in [1.165, 1.54) is 7.11 Å². The molecule has 0 saturated heterocycles.